The van der Waals surface area contributed by atoms with Gasteiger partial charge in [0, 0.05) is 49.9 Å². The second kappa shape index (κ2) is 11.5. The van der Waals surface area contributed by atoms with E-state index in [0.717, 1.165) is 16.7 Å². The van der Waals surface area contributed by atoms with Gasteiger partial charge >= 0.3 is 0 Å². The fraction of sp³-hybridized carbons (Fsp3) is 0.348. The zero-order valence-corrected chi connectivity index (χ0v) is 20.0. The zero-order valence-electron chi connectivity index (χ0n) is 18.5. The molecule has 0 bridgehead atoms. The Morgan fingerprint density at radius 1 is 1.27 bits per heavy atom. The van der Waals surface area contributed by atoms with Crippen LogP contribution in [-0.2, 0) is 48.6 Å². The highest BCUT2D eigenvalue weighted by molar-refractivity contribution is 6.30. The van der Waals surface area contributed by atoms with Gasteiger partial charge in [0.15, 0.2) is 0 Å². The third-order valence-electron chi connectivity index (χ3n) is 5.25. The quantitative estimate of drug-likeness (QED) is 0.449. The molecule has 2 heterocycles. The van der Waals surface area contributed by atoms with Crippen LogP contribution in [0, 0.1) is 6.92 Å². The Hall–Kier alpha value is -2.65. The molecule has 0 saturated heterocycles. The zero-order chi connectivity index (χ0) is 24.0. The molecule has 3 aromatic rings. The van der Waals surface area contributed by atoms with E-state index in [1.54, 1.807) is 22.9 Å². The molecular weight excluding hydrogens is 467 g/mol. The molecule has 3 rings (SSSR count). The van der Waals surface area contributed by atoms with Crippen LogP contribution >= 0.6 is 23.2 Å². The number of aryl methyl sites for hydroxylation is 3. The minimum Gasteiger partial charge on any atom is -0.426 e. The van der Waals surface area contributed by atoms with Gasteiger partial charge in [-0.3, -0.25) is 9.59 Å². The van der Waals surface area contributed by atoms with Gasteiger partial charge in [-0.05, 0) is 53.4 Å². The third kappa shape index (κ3) is 6.45. The average molecular weight is 493 g/mol. The average Bonchev–Trinajstić information content (AvgIpc) is 3.14. The molecule has 0 radical (unpaired) electrons. The number of rotatable bonds is 10. The van der Waals surface area contributed by atoms with Crippen LogP contribution in [0.5, 0.6) is 0 Å². The van der Waals surface area contributed by atoms with Crippen molar-refractivity contribution >= 4 is 29.1 Å². The molecule has 8 nitrogen and oxygen atoms in total. The largest absolute Gasteiger partial charge is 0.426 e. The van der Waals surface area contributed by atoms with Crippen LogP contribution in [-0.4, -0.2) is 22.6 Å². The number of ether oxygens (including phenoxy) is 1. The highest BCUT2D eigenvalue weighted by Crippen LogP contribution is 2.19. The number of methoxy groups -OCH3 is 1. The van der Waals surface area contributed by atoms with Crippen LogP contribution in [0.15, 0.2) is 39.7 Å². The first-order valence-corrected chi connectivity index (χ1v) is 11.1. The van der Waals surface area contributed by atoms with E-state index in [1.165, 1.54) is 7.11 Å². The predicted molar refractivity (Wildman–Crippen MR) is 126 cm³/mol. The summed E-state index contributed by atoms with van der Waals surface area (Å²) in [7, 11) is 1.54. The van der Waals surface area contributed by atoms with E-state index in [4.69, 9.17) is 38.1 Å². The van der Waals surface area contributed by atoms with Gasteiger partial charge in [-0.1, -0.05) is 17.7 Å². The number of nitrogens with zero attached hydrogens (tertiary/aromatic N) is 2. The van der Waals surface area contributed by atoms with E-state index in [2.05, 4.69) is 10.3 Å². The predicted octanol–water partition coefficient (Wildman–Crippen LogP) is 3.16. The topological polar surface area (TPSA) is 112 Å². The van der Waals surface area contributed by atoms with Crippen LogP contribution < -0.4 is 16.6 Å². The number of benzene rings is 1. The van der Waals surface area contributed by atoms with Crippen LogP contribution in [0.25, 0.3) is 0 Å². The van der Waals surface area contributed by atoms with Crippen molar-refractivity contribution in [1.29, 1.82) is 0 Å². The van der Waals surface area contributed by atoms with Crippen molar-refractivity contribution < 1.29 is 13.9 Å². The lowest BCUT2D eigenvalue weighted by atomic mass is 10.1. The molecule has 10 heteroatoms. The molecule has 0 atom stereocenters. The van der Waals surface area contributed by atoms with Crippen LogP contribution in [0.3, 0.4) is 0 Å². The lowest BCUT2D eigenvalue weighted by Gasteiger charge is -2.12. The van der Waals surface area contributed by atoms with E-state index in [9.17, 15) is 9.59 Å². The molecule has 33 heavy (non-hydrogen) atoms. The smallest absolute Gasteiger partial charge is 0.254 e. The number of pyridine rings is 1. The summed E-state index contributed by atoms with van der Waals surface area (Å²) in [6, 6.07) is 7.19. The van der Waals surface area contributed by atoms with Gasteiger partial charge in [0.05, 0.1) is 6.42 Å². The maximum absolute atomic E-state index is 13.0. The van der Waals surface area contributed by atoms with Crippen LogP contribution in [0.4, 0.5) is 0 Å². The molecule has 1 aromatic carbocycles. The maximum Gasteiger partial charge on any atom is 0.254 e. The van der Waals surface area contributed by atoms with Crippen molar-refractivity contribution in [2.24, 2.45) is 5.73 Å². The third-order valence-corrected chi connectivity index (χ3v) is 5.78. The number of aromatic nitrogens is 2. The summed E-state index contributed by atoms with van der Waals surface area (Å²) < 4.78 is 11.9. The second-order valence-corrected chi connectivity index (χ2v) is 8.34. The SMILES string of the molecule is COCc1nc(CCn2ccc(C)c(CC(=O)NCc3cc(Cl)ccc3CN)c2=O)c(Cl)o1. The summed E-state index contributed by atoms with van der Waals surface area (Å²) in [5.74, 6) is 0.114. The normalized spacial score (nSPS) is 11.1. The fourth-order valence-corrected chi connectivity index (χ4v) is 3.84. The number of nitrogens with one attached hydrogen (secondary N) is 1. The van der Waals surface area contributed by atoms with Gasteiger partial charge in [-0.25, -0.2) is 4.98 Å². The van der Waals surface area contributed by atoms with Crippen molar-refractivity contribution in [2.75, 3.05) is 7.11 Å². The number of hydrogen-bond acceptors (Lipinski definition) is 6. The molecule has 0 fully saturated rings. The first kappa shape index (κ1) is 25.0. The Morgan fingerprint density at radius 3 is 2.79 bits per heavy atom. The first-order chi connectivity index (χ1) is 15.8. The van der Waals surface area contributed by atoms with Crippen LogP contribution in [0.2, 0.25) is 10.2 Å². The fourth-order valence-electron chi connectivity index (χ4n) is 3.42. The van der Waals surface area contributed by atoms with E-state index >= 15 is 0 Å². The lowest BCUT2D eigenvalue weighted by Crippen LogP contribution is -2.31. The summed E-state index contributed by atoms with van der Waals surface area (Å²) in [5.41, 5.74) is 9.01. The van der Waals surface area contributed by atoms with Gasteiger partial charge in [-0.15, -0.1) is 0 Å². The Balaban J connectivity index is 1.67. The van der Waals surface area contributed by atoms with Gasteiger partial charge in [-0.2, -0.15) is 0 Å². The minimum absolute atomic E-state index is 0.0350. The van der Waals surface area contributed by atoms with Crippen molar-refractivity contribution in [1.82, 2.24) is 14.9 Å². The van der Waals surface area contributed by atoms with Crippen molar-refractivity contribution in [3.05, 3.63) is 84.9 Å². The number of carbonyl (C=O) groups is 1. The summed E-state index contributed by atoms with van der Waals surface area (Å²) in [5, 5.41) is 3.60. The Labute approximate surface area is 201 Å². The summed E-state index contributed by atoms with van der Waals surface area (Å²) >= 11 is 12.1. The molecule has 0 spiro atoms. The highest BCUT2D eigenvalue weighted by atomic mass is 35.5. The van der Waals surface area contributed by atoms with Crippen molar-refractivity contribution in [3.63, 3.8) is 0 Å². The Bertz CT molecular complexity index is 1190. The first-order valence-electron chi connectivity index (χ1n) is 10.4. The van der Waals surface area contributed by atoms with E-state index in [1.807, 2.05) is 19.1 Å². The Morgan fingerprint density at radius 2 is 2.06 bits per heavy atom. The number of nitrogens with two attached hydrogens (primary N) is 1. The monoisotopic (exact) mass is 492 g/mol. The number of hydrogen-bond donors (Lipinski definition) is 2. The lowest BCUT2D eigenvalue weighted by molar-refractivity contribution is -0.120. The minimum atomic E-state index is -0.264. The molecule has 176 valence electrons. The van der Waals surface area contributed by atoms with Gasteiger partial charge in [0.25, 0.3) is 5.56 Å². The van der Waals surface area contributed by atoms with Gasteiger partial charge < -0.3 is 24.8 Å². The molecule has 0 aliphatic rings. The molecule has 0 saturated carbocycles. The van der Waals surface area contributed by atoms with E-state index < -0.39 is 0 Å². The molecule has 3 N–H and O–H groups in total. The summed E-state index contributed by atoms with van der Waals surface area (Å²) in [6.07, 6.45) is 2.06. The van der Waals surface area contributed by atoms with Crippen molar-refractivity contribution in [3.8, 4) is 0 Å². The molecule has 0 aliphatic carbocycles. The number of carbonyl (C=O) groups excluding carboxylic acids is 1. The molecule has 0 unspecified atom stereocenters. The number of oxazole rings is 1. The van der Waals surface area contributed by atoms with Crippen molar-refractivity contribution in [2.45, 2.75) is 46.0 Å². The maximum atomic E-state index is 13.0. The molecule has 2 aromatic heterocycles. The second-order valence-electron chi connectivity index (χ2n) is 7.56. The van der Waals surface area contributed by atoms with Gasteiger partial charge in [0.2, 0.25) is 17.0 Å². The summed E-state index contributed by atoms with van der Waals surface area (Å²) in [4.78, 5) is 29.9. The highest BCUT2D eigenvalue weighted by Gasteiger charge is 2.15. The number of amides is 1. The van der Waals surface area contributed by atoms with E-state index in [-0.39, 0.29) is 36.3 Å². The summed E-state index contributed by atoms with van der Waals surface area (Å²) in [6.45, 7) is 2.98. The van der Waals surface area contributed by atoms with Crippen LogP contribution in [0.1, 0.15) is 33.8 Å². The standard InChI is InChI=1S/C23H26Cl2N4O4/c1-14-5-7-29(8-6-19-22(25)33-21(28-19)13-32-2)23(31)18(14)10-20(30)27-12-16-9-17(24)4-3-15(16)11-26/h3-5,7,9H,6,8,10-13,26H2,1-2H3,(H,27,30). The molecule has 0 aliphatic heterocycles. The Kier molecular flexibility index (Phi) is 8.68. The van der Waals surface area contributed by atoms with E-state index in [0.29, 0.717) is 41.7 Å². The molecular formula is C23H26Cl2N4O4. The molecule has 1 amide bonds. The van der Waals surface area contributed by atoms with Gasteiger partial charge in [0.1, 0.15) is 12.3 Å². The number of halogens is 2.